The lowest BCUT2D eigenvalue weighted by Gasteiger charge is -2.17. The van der Waals surface area contributed by atoms with Gasteiger partial charge in [0.25, 0.3) is 0 Å². The maximum Gasteiger partial charge on any atom is 0.461 e. The van der Waals surface area contributed by atoms with Crippen LogP contribution in [0.3, 0.4) is 0 Å². The molecular weight excluding hydrogens is 752 g/mol. The summed E-state index contributed by atoms with van der Waals surface area (Å²) in [6.07, 6.45) is -8.26. The van der Waals surface area contributed by atoms with Crippen LogP contribution in [0.15, 0.2) is 139 Å². The number of carboxylic acids is 1. The van der Waals surface area contributed by atoms with Gasteiger partial charge in [-0.15, -0.1) is 0 Å². The Hall–Kier alpha value is -6.80. The molecule has 5 aromatic rings. The number of hydrogen-bond acceptors (Lipinski definition) is 9. The summed E-state index contributed by atoms with van der Waals surface area (Å²) in [7, 11) is 3.96. The van der Waals surface area contributed by atoms with Crippen molar-refractivity contribution in [2.75, 3.05) is 21.3 Å². The van der Waals surface area contributed by atoms with Gasteiger partial charge in [0, 0.05) is 17.2 Å². The molecule has 0 fully saturated rings. The SMILES string of the molecule is CO/C(C)=C(/C(=O)O)c1ccccc1Oc1cccc(C(O)c2ccccc2)c1.CO/C=C(/C(=O)OC)c1ccccc1Oc1cccc(OC(F)(F)C(F)F)c1. The first-order valence-corrected chi connectivity index (χ1v) is 16.9. The summed E-state index contributed by atoms with van der Waals surface area (Å²) in [6, 6.07) is 34.4. The van der Waals surface area contributed by atoms with E-state index >= 15 is 0 Å². The third kappa shape index (κ3) is 11.6. The van der Waals surface area contributed by atoms with Gasteiger partial charge in [0.05, 0.1) is 27.6 Å². The van der Waals surface area contributed by atoms with Crippen molar-refractivity contribution in [3.63, 3.8) is 0 Å². The van der Waals surface area contributed by atoms with Crippen molar-refractivity contribution >= 4 is 23.1 Å². The maximum atomic E-state index is 13.1. The van der Waals surface area contributed by atoms with E-state index in [1.165, 1.54) is 39.5 Å². The van der Waals surface area contributed by atoms with Crippen molar-refractivity contribution in [1.82, 2.24) is 0 Å². The predicted molar refractivity (Wildman–Crippen MR) is 202 cm³/mol. The van der Waals surface area contributed by atoms with Gasteiger partial charge in [0.15, 0.2) is 0 Å². The molecule has 10 nitrogen and oxygen atoms in total. The molecule has 0 spiro atoms. The molecule has 0 aromatic heterocycles. The number of aliphatic hydroxyl groups excluding tert-OH is 1. The Morgan fingerprint density at radius 1 is 0.667 bits per heavy atom. The lowest BCUT2D eigenvalue weighted by molar-refractivity contribution is -0.253. The van der Waals surface area contributed by atoms with Gasteiger partial charge in [-0.2, -0.15) is 17.6 Å². The first-order valence-electron chi connectivity index (χ1n) is 16.9. The third-order valence-corrected chi connectivity index (χ3v) is 7.90. The molecule has 0 heterocycles. The van der Waals surface area contributed by atoms with Crippen LogP contribution in [-0.4, -0.2) is 56.0 Å². The summed E-state index contributed by atoms with van der Waals surface area (Å²) in [5.41, 5.74) is 2.25. The van der Waals surface area contributed by atoms with E-state index in [4.69, 9.17) is 23.7 Å². The van der Waals surface area contributed by atoms with Gasteiger partial charge in [-0.1, -0.05) is 84.9 Å². The Labute approximate surface area is 325 Å². The molecule has 0 amide bonds. The monoisotopic (exact) mass is 790 g/mol. The highest BCUT2D eigenvalue weighted by atomic mass is 19.3. The fraction of sp³-hybridized carbons (Fsp3) is 0.163. The highest BCUT2D eigenvalue weighted by Gasteiger charge is 2.44. The summed E-state index contributed by atoms with van der Waals surface area (Å²) in [6.45, 7) is 1.59. The van der Waals surface area contributed by atoms with Crippen LogP contribution in [0.4, 0.5) is 17.6 Å². The van der Waals surface area contributed by atoms with Gasteiger partial charge in [0.2, 0.25) is 0 Å². The summed E-state index contributed by atoms with van der Waals surface area (Å²) in [4.78, 5) is 23.8. The van der Waals surface area contributed by atoms with E-state index in [1.807, 2.05) is 36.4 Å². The van der Waals surface area contributed by atoms with Crippen molar-refractivity contribution in [2.45, 2.75) is 25.6 Å². The van der Waals surface area contributed by atoms with Gasteiger partial charge < -0.3 is 38.6 Å². The van der Waals surface area contributed by atoms with Crippen molar-refractivity contribution in [3.8, 4) is 28.7 Å². The van der Waals surface area contributed by atoms with Crippen LogP contribution in [0.25, 0.3) is 11.1 Å². The second-order valence-electron chi connectivity index (χ2n) is 11.7. The van der Waals surface area contributed by atoms with Crippen LogP contribution in [0.5, 0.6) is 28.7 Å². The summed E-state index contributed by atoms with van der Waals surface area (Å²) in [5, 5.41) is 20.3. The van der Waals surface area contributed by atoms with Gasteiger partial charge in [-0.05, 0) is 54.4 Å². The average molecular weight is 791 g/mol. The van der Waals surface area contributed by atoms with Crippen LogP contribution in [0, 0.1) is 0 Å². The van der Waals surface area contributed by atoms with E-state index in [-0.39, 0.29) is 28.4 Å². The van der Waals surface area contributed by atoms with E-state index in [1.54, 1.807) is 67.6 Å². The van der Waals surface area contributed by atoms with Crippen molar-refractivity contribution in [1.29, 1.82) is 0 Å². The van der Waals surface area contributed by atoms with E-state index in [0.717, 1.165) is 24.0 Å². The summed E-state index contributed by atoms with van der Waals surface area (Å²) < 4.78 is 81.2. The highest BCUT2D eigenvalue weighted by Crippen LogP contribution is 2.36. The molecule has 1 atom stereocenters. The zero-order valence-electron chi connectivity index (χ0n) is 31.0. The molecule has 0 aliphatic heterocycles. The fourth-order valence-corrected chi connectivity index (χ4v) is 5.18. The highest BCUT2D eigenvalue weighted by molar-refractivity contribution is 6.17. The number of benzene rings is 5. The number of methoxy groups -OCH3 is 3. The first kappa shape index (κ1) is 42.9. The molecular formula is C43H38F4O10. The molecule has 5 aromatic carbocycles. The molecule has 0 saturated heterocycles. The molecule has 1 unspecified atom stereocenters. The number of halogens is 4. The molecule has 0 radical (unpaired) electrons. The second-order valence-corrected chi connectivity index (χ2v) is 11.7. The van der Waals surface area contributed by atoms with Crippen LogP contribution in [0.1, 0.15) is 35.3 Å². The molecule has 14 heteroatoms. The number of hydrogen-bond donors (Lipinski definition) is 2. The third-order valence-electron chi connectivity index (χ3n) is 7.90. The minimum atomic E-state index is -4.64. The van der Waals surface area contributed by atoms with Crippen LogP contribution in [-0.2, 0) is 23.8 Å². The summed E-state index contributed by atoms with van der Waals surface area (Å²) >= 11 is 0. The van der Waals surface area contributed by atoms with Crippen LogP contribution >= 0.6 is 0 Å². The lowest BCUT2D eigenvalue weighted by Crippen LogP contribution is -2.33. The maximum absolute atomic E-state index is 13.1. The van der Waals surface area contributed by atoms with Crippen molar-refractivity contribution in [2.24, 2.45) is 0 Å². The smallest absolute Gasteiger partial charge is 0.461 e. The molecule has 57 heavy (non-hydrogen) atoms. The topological polar surface area (TPSA) is 130 Å². The molecule has 0 aliphatic rings. The lowest BCUT2D eigenvalue weighted by atomic mass is 10.0. The molecule has 0 bridgehead atoms. The van der Waals surface area contributed by atoms with Gasteiger partial charge in [-0.25, -0.2) is 9.59 Å². The number of ether oxygens (including phenoxy) is 6. The minimum Gasteiger partial charge on any atom is -0.503 e. The number of aliphatic hydroxyl groups is 1. The van der Waals surface area contributed by atoms with E-state index in [0.29, 0.717) is 28.2 Å². The number of alkyl halides is 4. The normalized spacial score (nSPS) is 12.3. The summed E-state index contributed by atoms with van der Waals surface area (Å²) in [5.74, 6) is -0.953. The Bertz CT molecular complexity index is 2190. The van der Waals surface area contributed by atoms with Crippen LogP contribution < -0.4 is 14.2 Å². The predicted octanol–water partition coefficient (Wildman–Crippen LogP) is 9.90. The fourth-order valence-electron chi connectivity index (χ4n) is 5.18. The van der Waals surface area contributed by atoms with Gasteiger partial charge in [-0.3, -0.25) is 0 Å². The number of allylic oxidation sites excluding steroid dienone is 1. The number of carboxylic acid groups (broad SMARTS) is 1. The number of rotatable bonds is 15. The average Bonchev–Trinajstić information content (AvgIpc) is 3.21. The van der Waals surface area contributed by atoms with E-state index in [2.05, 4.69) is 4.74 Å². The van der Waals surface area contributed by atoms with Crippen molar-refractivity contribution < 1.29 is 65.8 Å². The minimum absolute atomic E-state index is 0.0247. The number of carbonyl (C=O) groups excluding carboxylic acids is 1. The van der Waals surface area contributed by atoms with Crippen molar-refractivity contribution in [3.05, 3.63) is 162 Å². The number of aliphatic carboxylic acids is 1. The largest absolute Gasteiger partial charge is 0.503 e. The van der Waals surface area contributed by atoms with E-state index in [9.17, 15) is 37.4 Å². The quantitative estimate of drug-likeness (QED) is 0.0458. The second kappa shape index (κ2) is 20.2. The molecule has 2 N–H and O–H groups in total. The van der Waals surface area contributed by atoms with Gasteiger partial charge in [0.1, 0.15) is 51.8 Å². The Morgan fingerprint density at radius 2 is 1.19 bits per heavy atom. The molecule has 5 rings (SSSR count). The zero-order valence-corrected chi connectivity index (χ0v) is 31.0. The van der Waals surface area contributed by atoms with E-state index < -0.39 is 36.3 Å². The number of esters is 1. The molecule has 0 saturated carbocycles. The van der Waals surface area contributed by atoms with Crippen LogP contribution in [0.2, 0.25) is 0 Å². The number of carbonyl (C=O) groups is 2. The Balaban J connectivity index is 0.000000253. The molecule has 0 aliphatic carbocycles. The zero-order chi connectivity index (χ0) is 41.5. The van der Waals surface area contributed by atoms with Gasteiger partial charge >= 0.3 is 24.5 Å². The standard InChI is InChI=1S/C24H22O5.C19H16F4O5/c1-16(28-2)22(24(26)27)20-13-6-7-14-21(20)29-19-12-8-11-18(15-19)23(25)17-9-4-3-5-10-17;1-25-11-15(17(24)26-2)14-8-3-4-9-16(14)27-12-6-5-7-13(10-12)28-19(22,23)18(20)21/h3-15,23,25H,1-2H3,(H,26,27);3-11,18H,1-2H3/b22-16+;15-11+. The Kier molecular flexibility index (Phi) is 15.2. The molecule has 298 valence electrons. The Morgan fingerprint density at radius 3 is 1.77 bits per heavy atom. The first-order chi connectivity index (χ1) is 27.3. The number of para-hydroxylation sites is 2.